The minimum Gasteiger partial charge on any atom is -0.355 e. The van der Waals surface area contributed by atoms with E-state index in [0.29, 0.717) is 129 Å². The monoisotopic (exact) mass is 1990 g/mol. The van der Waals surface area contributed by atoms with Crippen LogP contribution in [0, 0.1) is 53.3 Å². The minimum absolute atomic E-state index is 0.0209. The van der Waals surface area contributed by atoms with E-state index in [-0.39, 0.29) is 175 Å². The summed E-state index contributed by atoms with van der Waals surface area (Å²) >= 11 is 0. The molecule has 0 aromatic carbocycles. The van der Waals surface area contributed by atoms with E-state index in [2.05, 4.69) is 90.5 Å². The number of hydrogen-bond acceptors (Lipinski definition) is 25. The first kappa shape index (κ1) is 131. The molecule has 15 atom stereocenters. The van der Waals surface area contributed by atoms with E-state index in [0.717, 1.165) is 0 Å². The normalized spacial score (nSPS) is 14.8. The van der Waals surface area contributed by atoms with Gasteiger partial charge in [0, 0.05) is 13.0 Å². The summed E-state index contributed by atoms with van der Waals surface area (Å²) in [6.07, 6.45) is 8.72. The largest absolute Gasteiger partial charge is 0.355 e. The molecule has 0 unspecified atom stereocenters. The molecule has 0 aromatic rings. The van der Waals surface area contributed by atoms with Crippen molar-refractivity contribution in [3.8, 4) is 0 Å². The van der Waals surface area contributed by atoms with Gasteiger partial charge in [-0.15, -0.1) is 0 Å². The topological polar surface area (TPSA) is 703 Å². The van der Waals surface area contributed by atoms with Gasteiger partial charge in [-0.1, -0.05) is 131 Å². The molecule has 0 fully saturated rings. The molecule has 0 saturated heterocycles. The quantitative estimate of drug-likeness (QED) is 0.0175. The van der Waals surface area contributed by atoms with E-state index < -0.39 is 192 Å². The fourth-order valence-corrected chi connectivity index (χ4v) is 15.9. The molecular weight excluding hydrogens is 1800 g/mol. The molecule has 0 aliphatic rings. The van der Waals surface area contributed by atoms with Crippen LogP contribution >= 0.6 is 0 Å². The zero-order valence-corrected chi connectivity index (χ0v) is 88.0. The number of rotatable bonds is 79. The highest BCUT2D eigenvalue weighted by Crippen LogP contribution is 2.20. The first-order chi connectivity index (χ1) is 66.0. The standard InChI is InChI=1S/C98H189N25O17/c1-58(2)48-67(105)84(126)109-69(35-22-28-42-100)86(128)111-70(36-23-29-43-101)87(129)116-78(53-63(11)12)95(137)119-75(50-60(5)6)92(134)113-72(38-25-31-45-103)89(131)117-79(54-64(13)14)96(138)120-76(51-61(7)8)93(135)114-73(39-26-32-46-104)90(132)118-80(55-65(15)16)97(139)122-81(56-66(17)18)98(140)121-77(52-62(9)10)94(136)112-71(37-24-30-44-102)88(130)115-74(49-59(3)4)91(133)110-68(34-21-27-41-99)85(127)108-57-83(125)107-47-33-19-20-40-82(124)123-106/h58-81H,19-57,99-106H2,1-18H3,(H,107,125)(H,108,127)(H,109,126)(H,110,133)(H,111,128)(H,112,136)(H,113,134)(H,114,135)(H,115,130)(H,116,129)(H,117,131)(H,118,132)(H,119,137)(H,120,138)(H,121,140)(H,122,139)(H,123,124)/t67-,68-,69-,70-,71-,72-,73-,74-,75-,76-,77-,78-,79-,80-,81-/m0/s1. The molecule has 42 heteroatoms. The molecule has 17 amide bonds. The van der Waals surface area contributed by atoms with Gasteiger partial charge in [-0.3, -0.25) is 86.9 Å². The predicted octanol–water partition coefficient (Wildman–Crippen LogP) is 1.07. The maximum Gasteiger partial charge on any atom is 0.243 e. The van der Waals surface area contributed by atoms with E-state index in [9.17, 15) is 81.5 Å². The first-order valence-corrected chi connectivity index (χ1v) is 51.8. The molecule has 0 aliphatic heterocycles. The van der Waals surface area contributed by atoms with Gasteiger partial charge in [0.25, 0.3) is 0 Å². The maximum atomic E-state index is 15.0. The van der Waals surface area contributed by atoms with Gasteiger partial charge in [0.15, 0.2) is 0 Å². The van der Waals surface area contributed by atoms with Crippen molar-refractivity contribution < 1.29 is 81.5 Å². The number of nitrogens with one attached hydrogen (secondary N) is 17. The van der Waals surface area contributed by atoms with E-state index in [1.165, 1.54) is 0 Å². The highest BCUT2D eigenvalue weighted by molar-refractivity contribution is 6.01. The van der Waals surface area contributed by atoms with Crippen molar-refractivity contribution in [3.63, 3.8) is 0 Å². The lowest BCUT2D eigenvalue weighted by molar-refractivity contribution is -0.137. The van der Waals surface area contributed by atoms with Crippen molar-refractivity contribution in [1.82, 2.24) is 90.5 Å². The number of amides is 17. The summed E-state index contributed by atoms with van der Waals surface area (Å²) in [6.45, 7) is 34.7. The molecule has 0 bridgehead atoms. The third-order valence-corrected chi connectivity index (χ3v) is 23.2. The second-order valence-corrected chi connectivity index (χ2v) is 41.3. The van der Waals surface area contributed by atoms with Crippen LogP contribution in [0.25, 0.3) is 0 Å². The van der Waals surface area contributed by atoms with Gasteiger partial charge in [-0.25, -0.2) is 5.84 Å². The number of hydrazine groups is 1. The molecule has 0 rings (SSSR count). The Morgan fingerprint density at radius 1 is 0.193 bits per heavy atom. The summed E-state index contributed by atoms with van der Waals surface area (Å²) in [5.74, 6) is -8.07. The van der Waals surface area contributed by atoms with Crippen LogP contribution in [0.5, 0.6) is 0 Å². The minimum atomic E-state index is -1.33. The van der Waals surface area contributed by atoms with E-state index >= 15 is 0 Å². The lowest BCUT2D eigenvalue weighted by Crippen LogP contribution is -2.61. The van der Waals surface area contributed by atoms with Crippen molar-refractivity contribution in [3.05, 3.63) is 0 Å². The third kappa shape index (κ3) is 58.9. The van der Waals surface area contributed by atoms with Gasteiger partial charge < -0.3 is 125 Å². The van der Waals surface area contributed by atoms with Gasteiger partial charge in [-0.05, 0) is 279 Å². The highest BCUT2D eigenvalue weighted by Gasteiger charge is 2.40. The summed E-state index contributed by atoms with van der Waals surface area (Å²) in [7, 11) is 0. The first-order valence-electron chi connectivity index (χ1n) is 51.8. The smallest absolute Gasteiger partial charge is 0.243 e. The van der Waals surface area contributed by atoms with Crippen molar-refractivity contribution in [2.45, 2.75) is 414 Å². The Morgan fingerprint density at radius 2 is 0.371 bits per heavy atom. The van der Waals surface area contributed by atoms with Crippen molar-refractivity contribution in [2.75, 3.05) is 52.4 Å². The van der Waals surface area contributed by atoms with Gasteiger partial charge >= 0.3 is 0 Å². The van der Waals surface area contributed by atoms with Crippen LogP contribution in [-0.4, -0.2) is 243 Å². The zero-order valence-electron chi connectivity index (χ0n) is 88.0. The average molecular weight is 1990 g/mol. The zero-order chi connectivity index (χ0) is 106. The van der Waals surface area contributed by atoms with Crippen LogP contribution < -0.4 is 136 Å². The molecule has 808 valence electrons. The fourth-order valence-electron chi connectivity index (χ4n) is 15.9. The van der Waals surface area contributed by atoms with Crippen LogP contribution in [0.1, 0.15) is 324 Å². The van der Waals surface area contributed by atoms with Crippen LogP contribution in [0.2, 0.25) is 0 Å². The Balaban J connectivity index is 7.38. The van der Waals surface area contributed by atoms with E-state index in [1.54, 1.807) is 0 Å². The summed E-state index contributed by atoms with van der Waals surface area (Å²) < 4.78 is 0. The SMILES string of the molecule is CC(C)C[C@H](NC(=O)[C@H](CCCCN)NC(=O)[C@H](CC(C)C)NC(=O)[C@H](CC(C)C)NC(=O)[C@H](CC(C)C)NC(=O)[C@H](CCCCN)NC(=O)[C@H](CC(C)C)NC(=O)[C@H](CC(C)C)NC(=O)[C@H](CCCCN)NC(=O)[C@H](CC(C)C)NC(=O)[C@H](CC(C)C)NC(=O)[C@H](CCCCN)NC(=O)[C@H](CCCCN)NC(=O)[C@@H](N)CC(C)C)C(=O)N[C@@H](CCCCN)C(=O)NCC(=O)NCCCCCC(=O)NN. The second-order valence-electron chi connectivity index (χ2n) is 41.3. The molecule has 0 heterocycles. The number of carbonyl (C=O) groups excluding carboxylic acids is 17. The Bertz CT molecular complexity index is 3690. The van der Waals surface area contributed by atoms with Gasteiger partial charge in [0.1, 0.15) is 84.6 Å². The molecule has 0 aromatic heterocycles. The van der Waals surface area contributed by atoms with Crippen molar-refractivity contribution >= 4 is 100 Å². The number of unbranched alkanes of at least 4 members (excludes halogenated alkanes) is 8. The predicted molar refractivity (Wildman–Crippen MR) is 544 cm³/mol. The number of nitrogens with two attached hydrogens (primary N) is 8. The van der Waals surface area contributed by atoms with Crippen LogP contribution in [-0.2, 0) is 81.5 Å². The molecule has 140 heavy (non-hydrogen) atoms. The van der Waals surface area contributed by atoms with Gasteiger partial charge in [-0.2, -0.15) is 0 Å². The Kier molecular flexibility index (Phi) is 69.6. The third-order valence-electron chi connectivity index (χ3n) is 23.2. The summed E-state index contributed by atoms with van der Waals surface area (Å²) in [4.78, 5) is 243. The van der Waals surface area contributed by atoms with Crippen LogP contribution in [0.4, 0.5) is 0 Å². The molecule has 33 N–H and O–H groups in total. The van der Waals surface area contributed by atoms with Crippen LogP contribution in [0.3, 0.4) is 0 Å². The summed E-state index contributed by atoms with van der Waals surface area (Å²) in [5.41, 5.74) is 43.6. The fraction of sp³-hybridized carbons (Fsp3) is 0.827. The molecule has 42 nitrogen and oxygen atoms in total. The highest BCUT2D eigenvalue weighted by atomic mass is 16.2. The van der Waals surface area contributed by atoms with Crippen molar-refractivity contribution in [2.24, 2.45) is 99.2 Å². The maximum absolute atomic E-state index is 15.0. The average Bonchev–Trinajstić information content (AvgIpc) is 0.850. The Hall–Kier alpha value is -9.33. The van der Waals surface area contributed by atoms with Gasteiger partial charge in [0.05, 0.1) is 12.6 Å². The Labute approximate surface area is 834 Å². The van der Waals surface area contributed by atoms with E-state index in [4.69, 9.17) is 46.0 Å². The molecule has 0 radical (unpaired) electrons. The molecule has 0 spiro atoms. The van der Waals surface area contributed by atoms with Crippen molar-refractivity contribution in [1.29, 1.82) is 0 Å². The molecule has 0 aliphatic carbocycles. The molecular formula is C98H189N25O17. The second kappa shape index (κ2) is 74.6. The van der Waals surface area contributed by atoms with Crippen LogP contribution in [0.15, 0.2) is 0 Å². The Morgan fingerprint density at radius 3 is 0.557 bits per heavy atom. The lowest BCUT2D eigenvalue weighted by atomic mass is 9.97. The summed E-state index contributed by atoms with van der Waals surface area (Å²) in [6, 6.07) is -18.5. The van der Waals surface area contributed by atoms with E-state index in [1.807, 2.05) is 125 Å². The number of hydrogen-bond donors (Lipinski definition) is 25. The lowest BCUT2D eigenvalue weighted by Gasteiger charge is -2.30. The number of carbonyl (C=O) groups is 17. The molecule has 0 saturated carbocycles. The van der Waals surface area contributed by atoms with Gasteiger partial charge in [0.2, 0.25) is 100 Å². The summed E-state index contributed by atoms with van der Waals surface area (Å²) in [5, 5.41) is 44.9.